The number of aryl methyl sites for hydroxylation is 1. The van der Waals surface area contributed by atoms with Gasteiger partial charge in [-0.1, -0.05) is 11.6 Å². The van der Waals surface area contributed by atoms with Crippen LogP contribution in [0, 0.1) is 13.8 Å². The molecule has 2 nitrogen and oxygen atoms in total. The van der Waals surface area contributed by atoms with Crippen molar-refractivity contribution in [2.24, 2.45) is 0 Å². The summed E-state index contributed by atoms with van der Waals surface area (Å²) in [5.41, 5.74) is 2.28. The number of benzene rings is 1. The van der Waals surface area contributed by atoms with Crippen LogP contribution < -0.4 is 0 Å². The first-order chi connectivity index (χ1) is 6.53. The summed E-state index contributed by atoms with van der Waals surface area (Å²) in [4.78, 5) is 0. The van der Waals surface area contributed by atoms with Crippen molar-refractivity contribution >= 4 is 11.6 Å². The summed E-state index contributed by atoms with van der Waals surface area (Å²) < 4.78 is 5.03. The van der Waals surface area contributed by atoms with E-state index in [4.69, 9.17) is 16.3 Å². The largest absolute Gasteiger partial charge is 0.380 e. The van der Waals surface area contributed by atoms with Gasteiger partial charge in [0.25, 0.3) is 0 Å². The van der Waals surface area contributed by atoms with Crippen LogP contribution in [0.2, 0.25) is 5.02 Å². The predicted molar refractivity (Wildman–Crippen MR) is 55.6 cm³/mol. The van der Waals surface area contributed by atoms with E-state index in [-0.39, 0.29) is 0 Å². The van der Waals surface area contributed by atoms with Crippen LogP contribution in [0.15, 0.2) is 12.1 Å². The van der Waals surface area contributed by atoms with Crippen LogP contribution in [0.1, 0.15) is 16.7 Å². The van der Waals surface area contributed by atoms with Crippen molar-refractivity contribution < 1.29 is 9.84 Å². The average Bonchev–Trinajstić information content (AvgIpc) is 2.07. The van der Waals surface area contributed by atoms with Crippen LogP contribution in [0.25, 0.3) is 0 Å². The Balaban J connectivity index is 2.51. The van der Waals surface area contributed by atoms with Gasteiger partial charge in [0.05, 0.1) is 13.2 Å². The summed E-state index contributed by atoms with van der Waals surface area (Å²) >= 11 is 5.96. The second-order valence-corrected chi connectivity index (χ2v) is 4.36. The van der Waals surface area contributed by atoms with Crippen molar-refractivity contribution in [2.45, 2.75) is 19.4 Å². The van der Waals surface area contributed by atoms with Crippen LogP contribution >= 0.6 is 11.6 Å². The molecule has 0 bridgehead atoms. The summed E-state index contributed by atoms with van der Waals surface area (Å²) in [6, 6.07) is 3.73. The van der Waals surface area contributed by atoms with E-state index >= 15 is 0 Å². The predicted octanol–water partition coefficient (Wildman–Crippen LogP) is 2.17. The monoisotopic (exact) mass is 212 g/mol. The van der Waals surface area contributed by atoms with Gasteiger partial charge in [-0.05, 0) is 42.7 Å². The maximum Gasteiger partial charge on any atom is 0.136 e. The minimum Gasteiger partial charge on any atom is -0.380 e. The molecule has 1 fully saturated rings. The smallest absolute Gasteiger partial charge is 0.136 e. The first kappa shape index (κ1) is 9.97. The highest BCUT2D eigenvalue weighted by Crippen LogP contribution is 2.34. The zero-order valence-electron chi connectivity index (χ0n) is 8.30. The third-order valence-corrected chi connectivity index (χ3v) is 3.03. The van der Waals surface area contributed by atoms with Gasteiger partial charge in [0.2, 0.25) is 0 Å². The Morgan fingerprint density at radius 2 is 2.00 bits per heavy atom. The van der Waals surface area contributed by atoms with Gasteiger partial charge in [0.15, 0.2) is 0 Å². The van der Waals surface area contributed by atoms with E-state index in [0.717, 1.165) is 16.7 Å². The van der Waals surface area contributed by atoms with E-state index in [1.54, 1.807) is 0 Å². The minimum atomic E-state index is -0.820. The van der Waals surface area contributed by atoms with Crippen molar-refractivity contribution in [3.63, 3.8) is 0 Å². The lowest BCUT2D eigenvalue weighted by Crippen LogP contribution is -2.47. The molecule has 0 saturated carbocycles. The summed E-state index contributed by atoms with van der Waals surface area (Å²) in [7, 11) is 0. The fourth-order valence-electron chi connectivity index (χ4n) is 1.75. The third-order valence-electron chi connectivity index (χ3n) is 2.82. The van der Waals surface area contributed by atoms with Crippen LogP contribution in [-0.2, 0) is 10.3 Å². The number of aliphatic hydroxyl groups is 1. The van der Waals surface area contributed by atoms with Gasteiger partial charge in [0.1, 0.15) is 5.60 Å². The third kappa shape index (κ3) is 1.44. The fraction of sp³-hybridized carbons (Fsp3) is 0.455. The second kappa shape index (κ2) is 3.23. The van der Waals surface area contributed by atoms with Crippen molar-refractivity contribution in [2.75, 3.05) is 13.2 Å². The fourth-order valence-corrected chi connectivity index (χ4v) is 2.02. The van der Waals surface area contributed by atoms with E-state index in [1.165, 1.54) is 0 Å². The Morgan fingerprint density at radius 1 is 1.36 bits per heavy atom. The summed E-state index contributed by atoms with van der Waals surface area (Å²) in [5.74, 6) is 0. The maximum absolute atomic E-state index is 10.1. The van der Waals surface area contributed by atoms with Crippen molar-refractivity contribution in [1.29, 1.82) is 0 Å². The van der Waals surface area contributed by atoms with Crippen molar-refractivity contribution in [3.8, 4) is 0 Å². The van der Waals surface area contributed by atoms with Gasteiger partial charge in [-0.3, -0.25) is 0 Å². The SMILES string of the molecule is Cc1cc(Cl)cc(C2(O)COC2)c1C. The first-order valence-electron chi connectivity index (χ1n) is 4.60. The summed E-state index contributed by atoms with van der Waals surface area (Å²) in [6.45, 7) is 4.73. The van der Waals surface area contributed by atoms with Crippen molar-refractivity contribution in [3.05, 3.63) is 33.8 Å². The summed E-state index contributed by atoms with van der Waals surface area (Å²) in [5, 5.41) is 10.8. The molecule has 1 aromatic rings. The summed E-state index contributed by atoms with van der Waals surface area (Å²) in [6.07, 6.45) is 0. The Morgan fingerprint density at radius 3 is 2.50 bits per heavy atom. The van der Waals surface area contributed by atoms with Crippen LogP contribution in [0.4, 0.5) is 0 Å². The van der Waals surface area contributed by atoms with Crippen LogP contribution in [0.5, 0.6) is 0 Å². The Hall–Kier alpha value is -0.570. The molecule has 1 aliphatic heterocycles. The van der Waals surface area contributed by atoms with Crippen LogP contribution in [-0.4, -0.2) is 18.3 Å². The second-order valence-electron chi connectivity index (χ2n) is 3.92. The number of hydrogen-bond donors (Lipinski definition) is 1. The number of halogens is 1. The van der Waals surface area contributed by atoms with Gasteiger partial charge in [0, 0.05) is 5.02 Å². The normalized spacial score (nSPS) is 19.1. The molecule has 1 aromatic carbocycles. The highest BCUT2D eigenvalue weighted by molar-refractivity contribution is 6.30. The van der Waals surface area contributed by atoms with E-state index in [2.05, 4.69) is 0 Å². The van der Waals surface area contributed by atoms with Gasteiger partial charge >= 0.3 is 0 Å². The molecule has 1 N–H and O–H groups in total. The molecule has 0 spiro atoms. The molecule has 3 heteroatoms. The van der Waals surface area contributed by atoms with E-state index < -0.39 is 5.60 Å². The Labute approximate surface area is 88.5 Å². The molecule has 0 amide bonds. The molecular weight excluding hydrogens is 200 g/mol. The quantitative estimate of drug-likeness (QED) is 0.773. The van der Waals surface area contributed by atoms with Crippen LogP contribution in [0.3, 0.4) is 0 Å². The van der Waals surface area contributed by atoms with Gasteiger partial charge < -0.3 is 9.84 Å². The molecule has 1 aliphatic rings. The molecule has 14 heavy (non-hydrogen) atoms. The first-order valence-corrected chi connectivity index (χ1v) is 4.98. The zero-order valence-corrected chi connectivity index (χ0v) is 9.06. The molecular formula is C11H13ClO2. The zero-order chi connectivity index (χ0) is 10.3. The highest BCUT2D eigenvalue weighted by atomic mass is 35.5. The number of rotatable bonds is 1. The molecule has 0 aliphatic carbocycles. The molecule has 0 aromatic heterocycles. The lowest BCUT2D eigenvalue weighted by Gasteiger charge is -2.38. The molecule has 2 rings (SSSR count). The highest BCUT2D eigenvalue weighted by Gasteiger charge is 2.39. The lowest BCUT2D eigenvalue weighted by molar-refractivity contribution is -0.184. The average molecular weight is 213 g/mol. The molecule has 76 valence electrons. The molecule has 1 saturated heterocycles. The minimum absolute atomic E-state index is 0.369. The molecule has 1 heterocycles. The van der Waals surface area contributed by atoms with Gasteiger partial charge in [-0.2, -0.15) is 0 Å². The molecule has 0 radical (unpaired) electrons. The Kier molecular flexibility index (Phi) is 2.30. The Bertz CT molecular complexity index is 370. The number of ether oxygens (including phenoxy) is 1. The molecule has 0 atom stereocenters. The molecule has 0 unspecified atom stereocenters. The van der Waals surface area contributed by atoms with Gasteiger partial charge in [-0.25, -0.2) is 0 Å². The van der Waals surface area contributed by atoms with E-state index in [9.17, 15) is 5.11 Å². The van der Waals surface area contributed by atoms with Crippen molar-refractivity contribution in [1.82, 2.24) is 0 Å². The lowest BCUT2D eigenvalue weighted by atomic mass is 9.87. The number of hydrogen-bond acceptors (Lipinski definition) is 2. The maximum atomic E-state index is 10.1. The van der Waals surface area contributed by atoms with Gasteiger partial charge in [-0.15, -0.1) is 0 Å². The van der Waals surface area contributed by atoms with E-state index in [1.807, 2.05) is 26.0 Å². The standard InChI is InChI=1S/C11H13ClO2/c1-7-3-9(12)4-10(8(7)2)11(13)5-14-6-11/h3-4,13H,5-6H2,1-2H3. The van der Waals surface area contributed by atoms with E-state index in [0.29, 0.717) is 18.2 Å². The topological polar surface area (TPSA) is 29.5 Å².